The van der Waals surface area contributed by atoms with Crippen molar-refractivity contribution in [1.29, 1.82) is 0 Å². The summed E-state index contributed by atoms with van der Waals surface area (Å²) in [5, 5.41) is 51.5. The van der Waals surface area contributed by atoms with Gasteiger partial charge < -0.3 is 30.6 Å². The van der Waals surface area contributed by atoms with Crippen molar-refractivity contribution >= 4 is 0 Å². The van der Waals surface area contributed by atoms with Gasteiger partial charge in [-0.15, -0.1) is 0 Å². The Balaban J connectivity index is -0.000000654. The van der Waals surface area contributed by atoms with E-state index in [9.17, 15) is 0 Å². The molecule has 0 spiro atoms. The predicted octanol–water partition coefficient (Wildman–Crippen LogP) is 10.3. The van der Waals surface area contributed by atoms with Gasteiger partial charge >= 0.3 is 0 Å². The lowest BCUT2D eigenvalue weighted by atomic mass is 10.1. The predicted molar refractivity (Wildman–Crippen MR) is 208 cm³/mol. The summed E-state index contributed by atoms with van der Waals surface area (Å²) in [6.07, 6.45) is 48.5. The molecule has 6 N–H and O–H groups in total. The van der Waals surface area contributed by atoms with Crippen LogP contribution in [-0.2, 0) is 0 Å². The van der Waals surface area contributed by atoms with E-state index >= 15 is 0 Å². The molecule has 0 bridgehead atoms. The van der Waals surface area contributed by atoms with Gasteiger partial charge in [0.25, 0.3) is 0 Å². The molecule has 48 heavy (non-hydrogen) atoms. The maximum absolute atomic E-state index is 8.66. The normalized spacial score (nSPS) is 11.4. The number of unbranched alkanes of at least 4 members (excludes halogenated alkanes) is 24. The van der Waals surface area contributed by atoms with Crippen LogP contribution in [-0.4, -0.2) is 70.3 Å². The number of rotatable bonds is 36. The van der Waals surface area contributed by atoms with Crippen LogP contribution in [0, 0.1) is 0 Å². The highest BCUT2D eigenvalue weighted by atomic mass is 16.3. The smallest absolute Gasteiger partial charge is 0.0431 e. The Morgan fingerprint density at radius 2 is 0.312 bits per heavy atom. The highest BCUT2D eigenvalue weighted by Crippen LogP contribution is 2.10. The Morgan fingerprint density at radius 3 is 0.542 bits per heavy atom. The van der Waals surface area contributed by atoms with Crippen molar-refractivity contribution in [3.63, 3.8) is 0 Å². The molecule has 0 rings (SSSR count). The number of hydrogen-bond acceptors (Lipinski definition) is 6. The van der Waals surface area contributed by atoms with E-state index in [1.807, 2.05) is 0 Å². The third-order valence-corrected chi connectivity index (χ3v) is 8.18. The molecule has 0 radical (unpaired) electrons. The fraction of sp³-hybridized carbons (Fsp3) is 0.857. The summed E-state index contributed by atoms with van der Waals surface area (Å²) in [6, 6.07) is 0. The van der Waals surface area contributed by atoms with Crippen LogP contribution in [0.5, 0.6) is 0 Å². The molecule has 0 fully saturated rings. The standard InChI is InChI=1S/C18H34O2.C14H28O2.C10H22O2/c19-17-15-13-11-9-7-5-3-1-2-4-6-8-10-12-14-16-18-20;15-13-11-9-7-5-3-1-2-4-6-8-10-12-14-16;11-9-7-5-3-1-2-4-6-8-10-12/h1-2,7,9,19-20H,3-6,8,10-18H2;3,5,15-16H,1-2,4,6-14H2;11-12H,1-10H2/b2-1+,9-7+;5-3+;. The summed E-state index contributed by atoms with van der Waals surface area (Å²) >= 11 is 0. The molecular formula is C42H84O6. The van der Waals surface area contributed by atoms with Gasteiger partial charge in [0.2, 0.25) is 0 Å². The van der Waals surface area contributed by atoms with Crippen LogP contribution in [0.4, 0.5) is 0 Å². The number of hydrogen-bond donors (Lipinski definition) is 6. The van der Waals surface area contributed by atoms with E-state index < -0.39 is 0 Å². The number of allylic oxidation sites excluding steroid dienone is 6. The second kappa shape index (κ2) is 55.4. The summed E-state index contributed by atoms with van der Waals surface area (Å²) in [5.74, 6) is 0. The molecule has 6 heteroatoms. The molecule has 0 aliphatic carbocycles. The van der Waals surface area contributed by atoms with Gasteiger partial charge in [0, 0.05) is 39.6 Å². The Kier molecular flexibility index (Phi) is 59.3. The van der Waals surface area contributed by atoms with Gasteiger partial charge in [-0.1, -0.05) is 126 Å². The van der Waals surface area contributed by atoms with E-state index in [1.165, 1.54) is 103 Å². The zero-order valence-corrected chi connectivity index (χ0v) is 31.6. The summed E-state index contributed by atoms with van der Waals surface area (Å²) in [5.41, 5.74) is 0. The van der Waals surface area contributed by atoms with E-state index in [2.05, 4.69) is 36.5 Å². The van der Waals surface area contributed by atoms with Crippen LogP contribution in [0.1, 0.15) is 193 Å². The first-order chi connectivity index (χ1) is 23.7. The summed E-state index contributed by atoms with van der Waals surface area (Å²) in [4.78, 5) is 0. The highest BCUT2D eigenvalue weighted by molar-refractivity contribution is 4.88. The quantitative estimate of drug-likeness (QED) is 0.0289. The van der Waals surface area contributed by atoms with Crippen molar-refractivity contribution in [3.8, 4) is 0 Å². The molecule has 0 unspecified atom stereocenters. The lowest BCUT2D eigenvalue weighted by Gasteiger charge is -1.99. The van der Waals surface area contributed by atoms with E-state index in [4.69, 9.17) is 30.6 Å². The number of aliphatic hydroxyl groups is 6. The first kappa shape index (κ1) is 51.4. The van der Waals surface area contributed by atoms with Gasteiger partial charge in [-0.3, -0.25) is 0 Å². The average Bonchev–Trinajstić information content (AvgIpc) is 3.10. The molecule has 0 atom stereocenters. The summed E-state index contributed by atoms with van der Waals surface area (Å²) in [6.45, 7) is 2.00. The fourth-order valence-corrected chi connectivity index (χ4v) is 5.09. The molecule has 0 aromatic rings. The van der Waals surface area contributed by atoms with Crippen LogP contribution in [0.25, 0.3) is 0 Å². The molecular weight excluding hydrogens is 600 g/mol. The molecule has 6 nitrogen and oxygen atoms in total. The van der Waals surface area contributed by atoms with Crippen LogP contribution in [0.3, 0.4) is 0 Å². The molecule has 0 heterocycles. The van der Waals surface area contributed by atoms with Crippen LogP contribution in [0.2, 0.25) is 0 Å². The highest BCUT2D eigenvalue weighted by Gasteiger charge is 1.92. The minimum absolute atomic E-state index is 0.317. The molecule has 0 aliphatic rings. The minimum atomic E-state index is 0.317. The van der Waals surface area contributed by atoms with Crippen molar-refractivity contribution < 1.29 is 30.6 Å². The molecule has 0 aliphatic heterocycles. The Bertz CT molecular complexity index is 583. The van der Waals surface area contributed by atoms with Gasteiger partial charge in [0.05, 0.1) is 0 Å². The van der Waals surface area contributed by atoms with Gasteiger partial charge in [-0.2, -0.15) is 0 Å². The average molecular weight is 685 g/mol. The first-order valence-corrected chi connectivity index (χ1v) is 20.3. The maximum Gasteiger partial charge on any atom is 0.0431 e. The lowest BCUT2D eigenvalue weighted by molar-refractivity contribution is 0.279. The van der Waals surface area contributed by atoms with E-state index in [1.54, 1.807) is 0 Å². The van der Waals surface area contributed by atoms with Gasteiger partial charge in [-0.25, -0.2) is 0 Å². The first-order valence-electron chi connectivity index (χ1n) is 20.3. The van der Waals surface area contributed by atoms with Crippen molar-refractivity contribution in [2.24, 2.45) is 0 Å². The van der Waals surface area contributed by atoms with Crippen molar-refractivity contribution in [2.45, 2.75) is 193 Å². The zero-order valence-electron chi connectivity index (χ0n) is 31.6. The SMILES string of the molecule is OCCCC/C=C/CC/C=C/CCCCCCCCO.OCCCC/C=C/CCCCCCCCO.OCCCCCCCCCCO. The fourth-order valence-electron chi connectivity index (χ4n) is 5.09. The van der Waals surface area contributed by atoms with Crippen molar-refractivity contribution in [2.75, 3.05) is 39.6 Å². The molecule has 0 saturated carbocycles. The van der Waals surface area contributed by atoms with Crippen LogP contribution >= 0.6 is 0 Å². The topological polar surface area (TPSA) is 121 Å². The summed E-state index contributed by atoms with van der Waals surface area (Å²) in [7, 11) is 0. The minimum Gasteiger partial charge on any atom is -0.396 e. The Hall–Kier alpha value is -1.02. The third-order valence-electron chi connectivity index (χ3n) is 8.18. The third kappa shape index (κ3) is 60.3. The molecule has 0 aromatic carbocycles. The Morgan fingerprint density at radius 1 is 0.167 bits per heavy atom. The molecule has 0 aromatic heterocycles. The van der Waals surface area contributed by atoms with E-state index in [0.717, 1.165) is 89.9 Å². The van der Waals surface area contributed by atoms with Gasteiger partial charge in [-0.05, 0) is 103 Å². The van der Waals surface area contributed by atoms with Crippen LogP contribution in [0.15, 0.2) is 36.5 Å². The summed E-state index contributed by atoms with van der Waals surface area (Å²) < 4.78 is 0. The molecule has 0 saturated heterocycles. The van der Waals surface area contributed by atoms with Crippen LogP contribution < -0.4 is 0 Å². The monoisotopic (exact) mass is 685 g/mol. The molecule has 0 amide bonds. The van der Waals surface area contributed by atoms with Gasteiger partial charge in [0.15, 0.2) is 0 Å². The van der Waals surface area contributed by atoms with Crippen molar-refractivity contribution in [1.82, 2.24) is 0 Å². The largest absolute Gasteiger partial charge is 0.396 e. The van der Waals surface area contributed by atoms with Gasteiger partial charge in [0.1, 0.15) is 0 Å². The second-order valence-corrected chi connectivity index (χ2v) is 13.0. The van der Waals surface area contributed by atoms with E-state index in [-0.39, 0.29) is 0 Å². The van der Waals surface area contributed by atoms with Crippen molar-refractivity contribution in [3.05, 3.63) is 36.5 Å². The second-order valence-electron chi connectivity index (χ2n) is 13.0. The Labute approximate surface area is 298 Å². The lowest BCUT2D eigenvalue weighted by Crippen LogP contribution is -1.85. The number of aliphatic hydroxyl groups excluding tert-OH is 6. The molecule has 288 valence electrons. The maximum atomic E-state index is 8.66. The zero-order chi connectivity index (χ0) is 35.7. The van der Waals surface area contributed by atoms with E-state index in [0.29, 0.717) is 39.6 Å².